The third kappa shape index (κ3) is 3.65. The molecule has 26 heavy (non-hydrogen) atoms. The van der Waals surface area contributed by atoms with Crippen molar-refractivity contribution in [3.05, 3.63) is 52.7 Å². The molecule has 7 nitrogen and oxygen atoms in total. The van der Waals surface area contributed by atoms with E-state index < -0.39 is 12.0 Å². The molecule has 8 heteroatoms. The summed E-state index contributed by atoms with van der Waals surface area (Å²) in [5.74, 6) is -0.940. The molecule has 0 radical (unpaired) electrons. The van der Waals surface area contributed by atoms with Crippen LogP contribution in [-0.2, 0) is 14.3 Å². The quantitative estimate of drug-likeness (QED) is 0.835. The standard InChI is InChI=1S/C18H17N3O4S/c1-11(22)21-8-7-12-5-3-4-6-13(12)14(21)9-16(23)20-18-19-10-15(26-18)17(24)25-2/h3-8,10,14H,9H2,1-2H3,(H,19,20,23)/t14-/m1/s1. The summed E-state index contributed by atoms with van der Waals surface area (Å²) < 4.78 is 4.62. The van der Waals surface area contributed by atoms with Crippen molar-refractivity contribution < 1.29 is 19.1 Å². The molecular weight excluding hydrogens is 354 g/mol. The van der Waals surface area contributed by atoms with Crippen LogP contribution >= 0.6 is 11.3 Å². The number of anilines is 1. The average Bonchev–Trinajstić information content (AvgIpc) is 3.09. The number of fused-ring (bicyclic) bond motifs is 1. The highest BCUT2D eigenvalue weighted by atomic mass is 32.1. The van der Waals surface area contributed by atoms with Crippen molar-refractivity contribution in [1.82, 2.24) is 9.88 Å². The van der Waals surface area contributed by atoms with Gasteiger partial charge >= 0.3 is 5.97 Å². The Morgan fingerprint density at radius 3 is 2.81 bits per heavy atom. The summed E-state index contributed by atoms with van der Waals surface area (Å²) in [6, 6.07) is 7.25. The van der Waals surface area contributed by atoms with Gasteiger partial charge in [-0.15, -0.1) is 0 Å². The maximum absolute atomic E-state index is 12.5. The van der Waals surface area contributed by atoms with Gasteiger partial charge in [0.2, 0.25) is 11.8 Å². The molecule has 3 rings (SSSR count). The number of benzene rings is 1. The van der Waals surface area contributed by atoms with E-state index in [0.29, 0.717) is 10.0 Å². The van der Waals surface area contributed by atoms with Gasteiger partial charge in [-0.25, -0.2) is 9.78 Å². The second-order valence-corrected chi connectivity index (χ2v) is 6.69. The van der Waals surface area contributed by atoms with Crippen LogP contribution in [0.15, 0.2) is 36.7 Å². The fourth-order valence-corrected chi connectivity index (χ4v) is 3.54. The molecule has 0 aliphatic carbocycles. The van der Waals surface area contributed by atoms with Gasteiger partial charge in [0.1, 0.15) is 4.88 Å². The van der Waals surface area contributed by atoms with E-state index in [0.717, 1.165) is 22.5 Å². The van der Waals surface area contributed by atoms with Gasteiger partial charge < -0.3 is 15.0 Å². The topological polar surface area (TPSA) is 88.6 Å². The van der Waals surface area contributed by atoms with E-state index >= 15 is 0 Å². The Labute approximate surface area is 154 Å². The van der Waals surface area contributed by atoms with E-state index in [1.807, 2.05) is 30.3 Å². The van der Waals surface area contributed by atoms with E-state index in [1.54, 1.807) is 11.1 Å². The number of carbonyl (C=O) groups excluding carboxylic acids is 3. The summed E-state index contributed by atoms with van der Waals surface area (Å²) in [5.41, 5.74) is 1.89. The van der Waals surface area contributed by atoms with Gasteiger partial charge in [0.25, 0.3) is 0 Å². The summed E-state index contributed by atoms with van der Waals surface area (Å²) in [7, 11) is 1.28. The van der Waals surface area contributed by atoms with Crippen LogP contribution in [0.25, 0.3) is 6.08 Å². The van der Waals surface area contributed by atoms with Gasteiger partial charge in [0.05, 0.1) is 25.8 Å². The predicted molar refractivity (Wildman–Crippen MR) is 97.4 cm³/mol. The first-order valence-electron chi connectivity index (χ1n) is 7.89. The molecule has 0 unspecified atom stereocenters. The Morgan fingerprint density at radius 2 is 2.08 bits per heavy atom. The lowest BCUT2D eigenvalue weighted by Gasteiger charge is -2.32. The van der Waals surface area contributed by atoms with Gasteiger partial charge in [-0.1, -0.05) is 35.6 Å². The number of nitrogens with one attached hydrogen (secondary N) is 1. The molecule has 0 spiro atoms. The molecular formula is C18H17N3O4S. The van der Waals surface area contributed by atoms with Crippen molar-refractivity contribution in [2.75, 3.05) is 12.4 Å². The van der Waals surface area contributed by atoms with Crippen LogP contribution in [0.1, 0.15) is 40.2 Å². The third-order valence-corrected chi connectivity index (χ3v) is 4.88. The van der Waals surface area contributed by atoms with Crippen LogP contribution in [-0.4, -0.2) is 34.8 Å². The number of hydrogen-bond acceptors (Lipinski definition) is 6. The number of ether oxygens (including phenoxy) is 1. The van der Waals surface area contributed by atoms with Crippen molar-refractivity contribution in [2.24, 2.45) is 0 Å². The van der Waals surface area contributed by atoms with Crippen LogP contribution in [0.2, 0.25) is 0 Å². The van der Waals surface area contributed by atoms with Crippen LogP contribution in [0.3, 0.4) is 0 Å². The second-order valence-electron chi connectivity index (χ2n) is 5.66. The minimum Gasteiger partial charge on any atom is -0.465 e. The minimum atomic E-state index is -0.503. The lowest BCUT2D eigenvalue weighted by atomic mass is 9.93. The number of aromatic nitrogens is 1. The molecule has 2 heterocycles. The monoisotopic (exact) mass is 371 g/mol. The number of amides is 2. The lowest BCUT2D eigenvalue weighted by molar-refractivity contribution is -0.129. The number of carbonyl (C=O) groups is 3. The highest BCUT2D eigenvalue weighted by Gasteiger charge is 2.28. The minimum absolute atomic E-state index is 0.0775. The van der Waals surface area contributed by atoms with E-state index in [1.165, 1.54) is 20.2 Å². The molecule has 0 bridgehead atoms. The molecule has 0 fully saturated rings. The van der Waals surface area contributed by atoms with Crippen molar-refractivity contribution in [3.63, 3.8) is 0 Å². The first-order chi connectivity index (χ1) is 12.5. The number of hydrogen-bond donors (Lipinski definition) is 1. The van der Waals surface area contributed by atoms with Gasteiger partial charge in [-0.3, -0.25) is 9.59 Å². The summed E-state index contributed by atoms with van der Waals surface area (Å²) in [4.78, 5) is 41.8. The zero-order valence-corrected chi connectivity index (χ0v) is 15.1. The van der Waals surface area contributed by atoms with Crippen molar-refractivity contribution in [3.8, 4) is 0 Å². The normalized spacial score (nSPS) is 15.3. The summed E-state index contributed by atoms with van der Waals surface area (Å²) >= 11 is 1.04. The highest BCUT2D eigenvalue weighted by molar-refractivity contribution is 7.17. The molecule has 1 N–H and O–H groups in total. The number of methoxy groups -OCH3 is 1. The Bertz CT molecular complexity index is 890. The van der Waals surface area contributed by atoms with Gasteiger partial charge in [-0.2, -0.15) is 0 Å². The van der Waals surface area contributed by atoms with Crippen LogP contribution < -0.4 is 5.32 Å². The van der Waals surface area contributed by atoms with E-state index in [2.05, 4.69) is 15.0 Å². The highest BCUT2D eigenvalue weighted by Crippen LogP contribution is 2.33. The largest absolute Gasteiger partial charge is 0.465 e. The zero-order valence-electron chi connectivity index (χ0n) is 14.3. The van der Waals surface area contributed by atoms with Crippen molar-refractivity contribution in [2.45, 2.75) is 19.4 Å². The molecule has 0 saturated heterocycles. The van der Waals surface area contributed by atoms with Crippen molar-refractivity contribution >= 4 is 40.3 Å². The van der Waals surface area contributed by atoms with E-state index in [-0.39, 0.29) is 18.2 Å². The molecule has 1 atom stereocenters. The Kier molecular flexibility index (Phi) is 5.13. The molecule has 1 aromatic heterocycles. The number of nitrogens with zero attached hydrogens (tertiary/aromatic N) is 2. The van der Waals surface area contributed by atoms with Gasteiger partial charge in [-0.05, 0) is 17.2 Å². The van der Waals surface area contributed by atoms with E-state index in [9.17, 15) is 14.4 Å². The predicted octanol–water partition coefficient (Wildman–Crippen LogP) is 2.83. The van der Waals surface area contributed by atoms with E-state index in [4.69, 9.17) is 0 Å². The molecule has 2 amide bonds. The second kappa shape index (κ2) is 7.49. The van der Waals surface area contributed by atoms with Gasteiger partial charge in [0, 0.05) is 13.1 Å². The molecule has 2 aromatic rings. The fraction of sp³-hybridized carbons (Fsp3) is 0.222. The average molecular weight is 371 g/mol. The first-order valence-corrected chi connectivity index (χ1v) is 8.71. The summed E-state index contributed by atoms with van der Waals surface area (Å²) in [6.45, 7) is 1.46. The maximum Gasteiger partial charge on any atom is 0.349 e. The Hall–Kier alpha value is -3.00. The summed E-state index contributed by atoms with van der Waals surface area (Å²) in [6.07, 6.45) is 4.98. The van der Waals surface area contributed by atoms with Gasteiger partial charge in [0.15, 0.2) is 5.13 Å². The van der Waals surface area contributed by atoms with Crippen LogP contribution in [0.4, 0.5) is 5.13 Å². The fourth-order valence-electron chi connectivity index (χ4n) is 2.79. The third-order valence-electron chi connectivity index (χ3n) is 3.99. The Morgan fingerprint density at radius 1 is 1.31 bits per heavy atom. The molecule has 1 aromatic carbocycles. The molecule has 1 aliphatic rings. The maximum atomic E-state index is 12.5. The van der Waals surface area contributed by atoms with Crippen LogP contribution in [0, 0.1) is 0 Å². The van der Waals surface area contributed by atoms with Crippen LogP contribution in [0.5, 0.6) is 0 Å². The first kappa shape index (κ1) is 17.8. The SMILES string of the molecule is COC(=O)c1cnc(NC(=O)C[C@@H]2c3ccccc3C=CN2C(C)=O)s1. The Balaban J connectivity index is 1.76. The molecule has 134 valence electrons. The molecule has 0 saturated carbocycles. The summed E-state index contributed by atoms with van der Waals surface area (Å²) in [5, 5.41) is 2.99. The zero-order chi connectivity index (χ0) is 18.7. The smallest absolute Gasteiger partial charge is 0.349 e. The molecule has 1 aliphatic heterocycles. The number of rotatable bonds is 4. The van der Waals surface area contributed by atoms with Crippen molar-refractivity contribution in [1.29, 1.82) is 0 Å². The number of thiazole rings is 1. The lowest BCUT2D eigenvalue weighted by Crippen LogP contribution is -2.33. The number of esters is 1.